The highest BCUT2D eigenvalue weighted by Crippen LogP contribution is 2.00. The van der Waals surface area contributed by atoms with Gasteiger partial charge in [-0.2, -0.15) is 0 Å². The van der Waals surface area contributed by atoms with Crippen LogP contribution < -0.4 is 0 Å². The van der Waals surface area contributed by atoms with Crippen LogP contribution in [-0.4, -0.2) is 16.0 Å². The highest BCUT2D eigenvalue weighted by Gasteiger charge is 2.11. The fourth-order valence-corrected chi connectivity index (χ4v) is 0.392. The van der Waals surface area contributed by atoms with Gasteiger partial charge in [-0.1, -0.05) is 5.92 Å². The Morgan fingerprint density at radius 3 is 2.25 bits per heavy atom. The quantitative estimate of drug-likeness (QED) is 0.387. The van der Waals surface area contributed by atoms with Gasteiger partial charge in [0.05, 0.1) is 6.42 Å². The van der Waals surface area contributed by atoms with Crippen molar-refractivity contribution in [1.29, 1.82) is 0 Å². The van der Waals surface area contributed by atoms with Crippen LogP contribution in [0.5, 0.6) is 0 Å². The van der Waals surface area contributed by atoms with Gasteiger partial charge in [0.1, 0.15) is 0 Å². The molecular formula is C5H7IO2. The van der Waals surface area contributed by atoms with Crippen LogP contribution in [0.2, 0.25) is 0 Å². The molecule has 0 bridgehead atoms. The average Bonchev–Trinajstić information content (AvgIpc) is 1.59. The molecule has 0 aromatic rings. The van der Waals surface area contributed by atoms with Crippen molar-refractivity contribution in [3.05, 3.63) is 0 Å². The van der Waals surface area contributed by atoms with E-state index in [1.165, 1.54) is 6.92 Å². The highest BCUT2D eigenvalue weighted by atomic mass is 127. The lowest BCUT2D eigenvalue weighted by atomic mass is 10.2. The van der Waals surface area contributed by atoms with E-state index in [1.54, 1.807) is 0 Å². The van der Waals surface area contributed by atoms with Gasteiger partial charge >= 0.3 is 0 Å². The van der Waals surface area contributed by atoms with Crippen molar-refractivity contribution in [2.45, 2.75) is 19.1 Å². The van der Waals surface area contributed by atoms with E-state index in [0.29, 0.717) is 0 Å². The Morgan fingerprint density at radius 2 is 2.12 bits per heavy atom. The summed E-state index contributed by atoms with van der Waals surface area (Å²) in [5.74, 6) is 0.898. The van der Waals surface area contributed by atoms with Gasteiger partial charge in [0, 0.05) is 22.6 Å². The largest absolute Gasteiger partial charge is 0.365 e. The Hall–Kier alpha value is 0.210. The molecule has 0 heterocycles. The Labute approximate surface area is 62.0 Å². The van der Waals surface area contributed by atoms with Crippen LogP contribution in [0.4, 0.5) is 0 Å². The van der Waals surface area contributed by atoms with Crippen LogP contribution in [-0.2, 0) is 0 Å². The van der Waals surface area contributed by atoms with Crippen LogP contribution >= 0.6 is 22.6 Å². The van der Waals surface area contributed by atoms with E-state index < -0.39 is 5.79 Å². The molecule has 0 aliphatic carbocycles. The molecule has 0 aliphatic heterocycles. The van der Waals surface area contributed by atoms with Gasteiger partial charge in [-0.3, -0.25) is 0 Å². The zero-order chi connectivity index (χ0) is 6.62. The van der Waals surface area contributed by atoms with Crippen LogP contribution in [0.3, 0.4) is 0 Å². The molecule has 0 aromatic heterocycles. The smallest absolute Gasteiger partial charge is 0.170 e. The maximum absolute atomic E-state index is 8.60. The van der Waals surface area contributed by atoms with Crippen LogP contribution in [0.1, 0.15) is 13.3 Å². The van der Waals surface area contributed by atoms with Gasteiger partial charge in [0.15, 0.2) is 5.79 Å². The second kappa shape index (κ2) is 3.28. The van der Waals surface area contributed by atoms with E-state index in [9.17, 15) is 0 Å². The van der Waals surface area contributed by atoms with Crippen molar-refractivity contribution < 1.29 is 10.2 Å². The number of hydrogen-bond donors (Lipinski definition) is 2. The third-order valence-corrected chi connectivity index (χ3v) is 0.871. The molecule has 0 rings (SSSR count). The topological polar surface area (TPSA) is 40.5 Å². The molecule has 0 radical (unpaired) electrons. The molecule has 0 unspecified atom stereocenters. The summed E-state index contributed by atoms with van der Waals surface area (Å²) >= 11 is 1.84. The average molecular weight is 226 g/mol. The summed E-state index contributed by atoms with van der Waals surface area (Å²) in [4.78, 5) is 0. The highest BCUT2D eigenvalue weighted by molar-refractivity contribution is 14.1. The molecule has 0 saturated carbocycles. The Kier molecular flexibility index (Phi) is 3.36. The molecule has 8 heavy (non-hydrogen) atoms. The molecule has 3 heteroatoms. The zero-order valence-electron chi connectivity index (χ0n) is 4.48. The van der Waals surface area contributed by atoms with Gasteiger partial charge in [0.2, 0.25) is 0 Å². The van der Waals surface area contributed by atoms with E-state index in [0.717, 1.165) is 0 Å². The number of aliphatic hydroxyl groups is 2. The first kappa shape index (κ1) is 8.21. The summed E-state index contributed by atoms with van der Waals surface area (Å²) in [7, 11) is 0. The lowest BCUT2D eigenvalue weighted by Crippen LogP contribution is -2.21. The van der Waals surface area contributed by atoms with Crippen LogP contribution in [0.15, 0.2) is 0 Å². The van der Waals surface area contributed by atoms with Gasteiger partial charge in [-0.25, -0.2) is 0 Å². The van der Waals surface area contributed by atoms with Crippen LogP contribution in [0.25, 0.3) is 0 Å². The van der Waals surface area contributed by atoms with E-state index in [1.807, 2.05) is 22.6 Å². The van der Waals surface area contributed by atoms with Crippen molar-refractivity contribution >= 4 is 22.6 Å². The summed E-state index contributed by atoms with van der Waals surface area (Å²) in [6, 6.07) is 0. The zero-order valence-corrected chi connectivity index (χ0v) is 6.64. The van der Waals surface area contributed by atoms with Crippen molar-refractivity contribution in [2.24, 2.45) is 0 Å². The van der Waals surface area contributed by atoms with Crippen molar-refractivity contribution in [3.63, 3.8) is 0 Å². The Balaban J connectivity index is 3.50. The van der Waals surface area contributed by atoms with Crippen molar-refractivity contribution in [2.75, 3.05) is 0 Å². The second-order valence-corrected chi connectivity index (χ2v) is 2.20. The van der Waals surface area contributed by atoms with E-state index in [4.69, 9.17) is 10.2 Å². The van der Waals surface area contributed by atoms with Crippen molar-refractivity contribution in [1.82, 2.24) is 0 Å². The van der Waals surface area contributed by atoms with Crippen molar-refractivity contribution in [3.8, 4) is 9.85 Å². The second-order valence-electron chi connectivity index (χ2n) is 1.67. The molecule has 2 nitrogen and oxygen atoms in total. The standard InChI is InChI=1S/C5H7IO2/c1-5(7,8)3-2-4-6/h7-8H,3H2,1H3. The lowest BCUT2D eigenvalue weighted by molar-refractivity contribution is -0.139. The van der Waals surface area contributed by atoms with Crippen LogP contribution in [0, 0.1) is 9.85 Å². The molecular weight excluding hydrogens is 219 g/mol. The third kappa shape index (κ3) is 6.21. The first-order valence-electron chi connectivity index (χ1n) is 2.09. The third-order valence-electron chi connectivity index (χ3n) is 0.490. The maximum atomic E-state index is 8.60. The summed E-state index contributed by atoms with van der Waals surface area (Å²) < 4.78 is 2.52. The molecule has 0 amide bonds. The van der Waals surface area contributed by atoms with Gasteiger partial charge in [-0.05, 0) is 10.9 Å². The fraction of sp³-hybridized carbons (Fsp3) is 0.600. The SMILES string of the molecule is CC(O)(O)CC#CI. The summed E-state index contributed by atoms with van der Waals surface area (Å²) in [6.45, 7) is 1.30. The predicted molar refractivity (Wildman–Crippen MR) is 39.3 cm³/mol. The fourth-order valence-electron chi connectivity index (χ4n) is 0.201. The monoisotopic (exact) mass is 226 g/mol. The first-order chi connectivity index (χ1) is 3.56. The Morgan fingerprint density at radius 1 is 1.62 bits per heavy atom. The normalized spacial score (nSPS) is 10.0. The molecule has 0 saturated heterocycles. The molecule has 0 atom stereocenters. The minimum Gasteiger partial charge on any atom is -0.365 e. The first-order valence-corrected chi connectivity index (χ1v) is 3.17. The predicted octanol–water partition coefficient (Wildman–Crippen LogP) is 0.473. The Bertz CT molecular complexity index is 115. The lowest BCUT2D eigenvalue weighted by Gasteiger charge is -2.09. The minimum atomic E-state index is -1.63. The minimum absolute atomic E-state index is 0.107. The van der Waals surface area contributed by atoms with Gasteiger partial charge in [0.25, 0.3) is 0 Å². The molecule has 2 N–H and O–H groups in total. The summed E-state index contributed by atoms with van der Waals surface area (Å²) in [5, 5.41) is 17.2. The number of rotatable bonds is 1. The summed E-state index contributed by atoms with van der Waals surface area (Å²) in [5.41, 5.74) is 0. The molecule has 0 aliphatic rings. The van der Waals surface area contributed by atoms with E-state index >= 15 is 0 Å². The molecule has 0 spiro atoms. The van der Waals surface area contributed by atoms with E-state index in [2.05, 4.69) is 9.85 Å². The van der Waals surface area contributed by atoms with Gasteiger partial charge < -0.3 is 10.2 Å². The molecule has 0 fully saturated rings. The molecule has 0 aromatic carbocycles. The molecule has 46 valence electrons. The summed E-state index contributed by atoms with van der Waals surface area (Å²) in [6.07, 6.45) is 0.107. The van der Waals surface area contributed by atoms with Gasteiger partial charge in [-0.15, -0.1) is 0 Å². The number of halogens is 1. The maximum Gasteiger partial charge on any atom is 0.170 e. The van der Waals surface area contributed by atoms with E-state index in [-0.39, 0.29) is 6.42 Å². The number of hydrogen-bond acceptors (Lipinski definition) is 2.